The van der Waals surface area contributed by atoms with E-state index in [-0.39, 0.29) is 17.3 Å². The van der Waals surface area contributed by atoms with Gasteiger partial charge in [-0.25, -0.2) is 13.1 Å². The molecule has 0 saturated heterocycles. The molecule has 0 aliphatic heterocycles. The average molecular weight is 271 g/mol. The van der Waals surface area contributed by atoms with Crippen molar-refractivity contribution < 1.29 is 18.0 Å². The number of sulfonamides is 1. The van der Waals surface area contributed by atoms with Crippen LogP contribution in [0.25, 0.3) is 0 Å². The van der Waals surface area contributed by atoms with Crippen LogP contribution in [-0.2, 0) is 19.6 Å². The highest BCUT2D eigenvalue weighted by Crippen LogP contribution is 2.13. The van der Waals surface area contributed by atoms with Gasteiger partial charge in [0.2, 0.25) is 11.8 Å². The second kappa shape index (κ2) is 5.61. The van der Waals surface area contributed by atoms with Crippen molar-refractivity contribution in [2.24, 2.45) is 5.73 Å². The normalized spacial score (nSPS) is 10.8. The van der Waals surface area contributed by atoms with Crippen LogP contribution in [0.3, 0.4) is 0 Å². The molecular formula is C10H13N3O4S. The summed E-state index contributed by atoms with van der Waals surface area (Å²) < 4.78 is 25.0. The second-order valence-corrected chi connectivity index (χ2v) is 5.12. The fraction of sp³-hybridized carbons (Fsp3) is 0.200. The first-order chi connectivity index (χ1) is 8.35. The Labute approximate surface area is 104 Å². The lowest BCUT2D eigenvalue weighted by molar-refractivity contribution is -0.117. The van der Waals surface area contributed by atoms with Crippen molar-refractivity contribution in [3.05, 3.63) is 24.3 Å². The van der Waals surface area contributed by atoms with Crippen LogP contribution in [0.4, 0.5) is 5.69 Å². The molecule has 0 bridgehead atoms. The van der Waals surface area contributed by atoms with E-state index in [1.54, 1.807) is 0 Å². The Bertz CT molecular complexity index is 551. The van der Waals surface area contributed by atoms with Crippen molar-refractivity contribution in [3.63, 3.8) is 0 Å². The smallest absolute Gasteiger partial charge is 0.264 e. The van der Waals surface area contributed by atoms with Gasteiger partial charge in [-0.1, -0.05) is 0 Å². The predicted molar refractivity (Wildman–Crippen MR) is 65.1 cm³/mol. The third-order valence-corrected chi connectivity index (χ3v) is 3.36. The summed E-state index contributed by atoms with van der Waals surface area (Å²) in [5.74, 6) is -1.05. The van der Waals surface area contributed by atoms with Crippen LogP contribution in [0, 0.1) is 0 Å². The number of anilines is 1. The number of nitrogens with one attached hydrogen (secondary N) is 2. The zero-order valence-corrected chi connectivity index (χ0v) is 10.5. The molecule has 0 saturated carbocycles. The fourth-order valence-corrected chi connectivity index (χ4v) is 2.17. The zero-order valence-electron chi connectivity index (χ0n) is 9.64. The van der Waals surface area contributed by atoms with E-state index in [0.717, 1.165) is 6.92 Å². The number of rotatable bonds is 4. The molecule has 98 valence electrons. The van der Waals surface area contributed by atoms with Crippen molar-refractivity contribution in [2.45, 2.75) is 11.8 Å². The van der Waals surface area contributed by atoms with Crippen LogP contribution in [0.2, 0.25) is 0 Å². The SMILES string of the molecule is CC(=O)NS(=O)(=O)c1ccc(NC(=O)CN)cc1. The number of carbonyl (C=O) groups excluding carboxylic acids is 2. The van der Waals surface area contributed by atoms with Crippen LogP contribution in [0.5, 0.6) is 0 Å². The number of hydrogen-bond donors (Lipinski definition) is 3. The third-order valence-electron chi connectivity index (χ3n) is 1.91. The number of carbonyl (C=O) groups is 2. The number of nitrogens with two attached hydrogens (primary N) is 1. The van der Waals surface area contributed by atoms with E-state index in [0.29, 0.717) is 5.69 Å². The summed E-state index contributed by atoms with van der Waals surface area (Å²) in [4.78, 5) is 21.7. The molecule has 0 aliphatic carbocycles. The highest BCUT2D eigenvalue weighted by Gasteiger charge is 2.14. The van der Waals surface area contributed by atoms with E-state index in [4.69, 9.17) is 5.73 Å². The Hall–Kier alpha value is -1.93. The van der Waals surface area contributed by atoms with Gasteiger partial charge in [0.25, 0.3) is 10.0 Å². The van der Waals surface area contributed by atoms with Crippen molar-refractivity contribution in [1.82, 2.24) is 4.72 Å². The highest BCUT2D eigenvalue weighted by atomic mass is 32.2. The maximum absolute atomic E-state index is 11.6. The molecule has 0 atom stereocenters. The van der Waals surface area contributed by atoms with Gasteiger partial charge in [0.1, 0.15) is 0 Å². The Kier molecular flexibility index (Phi) is 4.40. The molecule has 0 aromatic heterocycles. The summed E-state index contributed by atoms with van der Waals surface area (Å²) in [7, 11) is -3.85. The minimum Gasteiger partial charge on any atom is -0.325 e. The first-order valence-corrected chi connectivity index (χ1v) is 6.47. The van der Waals surface area contributed by atoms with Crippen LogP contribution in [0.15, 0.2) is 29.2 Å². The molecule has 7 nitrogen and oxygen atoms in total. The van der Waals surface area contributed by atoms with E-state index in [9.17, 15) is 18.0 Å². The molecule has 1 rings (SSSR count). The molecule has 1 aromatic rings. The van der Waals surface area contributed by atoms with E-state index >= 15 is 0 Å². The van der Waals surface area contributed by atoms with Gasteiger partial charge in [-0.15, -0.1) is 0 Å². The van der Waals surface area contributed by atoms with Crippen molar-refractivity contribution >= 4 is 27.5 Å². The van der Waals surface area contributed by atoms with Crippen LogP contribution in [-0.4, -0.2) is 26.8 Å². The number of benzene rings is 1. The Morgan fingerprint density at radius 3 is 2.22 bits per heavy atom. The Morgan fingerprint density at radius 2 is 1.78 bits per heavy atom. The van der Waals surface area contributed by atoms with Crippen molar-refractivity contribution in [3.8, 4) is 0 Å². The minimum atomic E-state index is -3.85. The van der Waals surface area contributed by atoms with Gasteiger partial charge >= 0.3 is 0 Å². The van der Waals surface area contributed by atoms with Gasteiger partial charge in [0, 0.05) is 12.6 Å². The molecule has 4 N–H and O–H groups in total. The van der Waals surface area contributed by atoms with E-state index in [1.807, 2.05) is 4.72 Å². The molecule has 0 heterocycles. The second-order valence-electron chi connectivity index (χ2n) is 3.44. The summed E-state index contributed by atoms with van der Waals surface area (Å²) in [5.41, 5.74) is 5.54. The standard InChI is InChI=1S/C10H13N3O4S/c1-7(14)13-18(16,17)9-4-2-8(3-5-9)12-10(15)6-11/h2-5H,6,11H2,1H3,(H,12,15)(H,13,14). The highest BCUT2D eigenvalue weighted by molar-refractivity contribution is 7.90. The van der Waals surface area contributed by atoms with Crippen LogP contribution >= 0.6 is 0 Å². The first kappa shape index (κ1) is 14.1. The third kappa shape index (κ3) is 3.82. The Morgan fingerprint density at radius 1 is 1.22 bits per heavy atom. The van der Waals surface area contributed by atoms with Gasteiger partial charge < -0.3 is 11.1 Å². The lowest BCUT2D eigenvalue weighted by atomic mass is 10.3. The van der Waals surface area contributed by atoms with Crippen molar-refractivity contribution in [2.75, 3.05) is 11.9 Å². The number of amides is 2. The van der Waals surface area contributed by atoms with E-state index in [2.05, 4.69) is 5.32 Å². The van der Waals surface area contributed by atoms with Gasteiger partial charge in [-0.05, 0) is 24.3 Å². The predicted octanol–water partition coefficient (Wildman–Crippen LogP) is -0.591. The van der Waals surface area contributed by atoms with E-state index < -0.39 is 15.9 Å². The maximum Gasteiger partial charge on any atom is 0.264 e. The summed E-state index contributed by atoms with van der Waals surface area (Å²) in [6, 6.07) is 5.36. The molecule has 1 aromatic carbocycles. The van der Waals surface area contributed by atoms with E-state index in [1.165, 1.54) is 24.3 Å². The molecule has 2 amide bonds. The van der Waals surface area contributed by atoms with Gasteiger partial charge in [-0.3, -0.25) is 9.59 Å². The summed E-state index contributed by atoms with van der Waals surface area (Å²) in [6.07, 6.45) is 0. The van der Waals surface area contributed by atoms with Gasteiger partial charge in [0.05, 0.1) is 11.4 Å². The van der Waals surface area contributed by atoms with Crippen LogP contribution in [0.1, 0.15) is 6.92 Å². The first-order valence-electron chi connectivity index (χ1n) is 4.98. The molecule has 0 aliphatic rings. The average Bonchev–Trinajstić information content (AvgIpc) is 2.28. The zero-order chi connectivity index (χ0) is 13.8. The molecule has 0 spiro atoms. The minimum absolute atomic E-state index is 0.0663. The monoisotopic (exact) mass is 271 g/mol. The molecule has 18 heavy (non-hydrogen) atoms. The fourth-order valence-electron chi connectivity index (χ4n) is 1.18. The van der Waals surface area contributed by atoms with Crippen LogP contribution < -0.4 is 15.8 Å². The maximum atomic E-state index is 11.6. The molecule has 0 unspecified atom stereocenters. The van der Waals surface area contributed by atoms with Gasteiger partial charge in [0.15, 0.2) is 0 Å². The molecular weight excluding hydrogens is 258 g/mol. The summed E-state index contributed by atoms with van der Waals surface area (Å²) >= 11 is 0. The Balaban J connectivity index is 2.89. The summed E-state index contributed by atoms with van der Waals surface area (Å²) in [5, 5.41) is 2.46. The lowest BCUT2D eigenvalue weighted by Gasteiger charge is -2.06. The quantitative estimate of drug-likeness (QED) is 0.676. The lowest BCUT2D eigenvalue weighted by Crippen LogP contribution is -2.28. The molecule has 0 fully saturated rings. The topological polar surface area (TPSA) is 118 Å². The largest absolute Gasteiger partial charge is 0.325 e. The molecule has 8 heteroatoms. The van der Waals surface area contributed by atoms with Gasteiger partial charge in [-0.2, -0.15) is 0 Å². The van der Waals surface area contributed by atoms with Crippen molar-refractivity contribution in [1.29, 1.82) is 0 Å². The summed E-state index contributed by atoms with van der Waals surface area (Å²) in [6.45, 7) is 0.944. The molecule has 0 radical (unpaired) electrons. The number of hydrogen-bond acceptors (Lipinski definition) is 5.